The van der Waals surface area contributed by atoms with E-state index in [0.717, 1.165) is 21.1 Å². The lowest BCUT2D eigenvalue weighted by molar-refractivity contribution is -0.140. The standard InChI is InChI=1S/C21H16N2O3S/c1-13(21(25)15-12-22-16-7-3-2-6-14(15)16)26-20(24)11-10-19-23-17-8-4-5-9-18(17)27-19/h2-13,22H,1H3/b11-10+/t13-/m1/s1. The normalized spacial score (nSPS) is 12.6. The Labute approximate surface area is 159 Å². The average molecular weight is 376 g/mol. The van der Waals surface area contributed by atoms with Gasteiger partial charge in [-0.2, -0.15) is 0 Å². The van der Waals surface area contributed by atoms with Crippen molar-refractivity contribution in [1.82, 2.24) is 9.97 Å². The van der Waals surface area contributed by atoms with Gasteiger partial charge in [-0.3, -0.25) is 4.79 Å². The van der Waals surface area contributed by atoms with Crippen LogP contribution in [-0.4, -0.2) is 27.8 Å². The largest absolute Gasteiger partial charge is 0.451 e. The van der Waals surface area contributed by atoms with Crippen molar-refractivity contribution in [3.8, 4) is 0 Å². The number of hydrogen-bond donors (Lipinski definition) is 1. The van der Waals surface area contributed by atoms with E-state index >= 15 is 0 Å². The van der Waals surface area contributed by atoms with E-state index in [-0.39, 0.29) is 5.78 Å². The topological polar surface area (TPSA) is 72.0 Å². The minimum Gasteiger partial charge on any atom is -0.451 e. The number of Topliss-reactive ketones (excluding diaryl/α,β-unsaturated/α-hetero) is 1. The van der Waals surface area contributed by atoms with Crippen LogP contribution in [0.3, 0.4) is 0 Å². The van der Waals surface area contributed by atoms with E-state index in [1.165, 1.54) is 17.4 Å². The monoisotopic (exact) mass is 376 g/mol. The molecule has 0 unspecified atom stereocenters. The predicted molar refractivity (Wildman–Crippen MR) is 107 cm³/mol. The van der Waals surface area contributed by atoms with Gasteiger partial charge in [0.15, 0.2) is 6.10 Å². The van der Waals surface area contributed by atoms with Crippen molar-refractivity contribution >= 4 is 50.3 Å². The zero-order valence-corrected chi connectivity index (χ0v) is 15.3. The van der Waals surface area contributed by atoms with Crippen LogP contribution in [-0.2, 0) is 9.53 Å². The van der Waals surface area contributed by atoms with Gasteiger partial charge in [-0.1, -0.05) is 30.3 Å². The lowest BCUT2D eigenvalue weighted by atomic mass is 10.1. The van der Waals surface area contributed by atoms with E-state index in [2.05, 4.69) is 9.97 Å². The van der Waals surface area contributed by atoms with Crippen molar-refractivity contribution in [2.75, 3.05) is 0 Å². The first kappa shape index (κ1) is 17.2. The molecule has 0 radical (unpaired) electrons. The highest BCUT2D eigenvalue weighted by molar-refractivity contribution is 7.19. The predicted octanol–water partition coefficient (Wildman–Crippen LogP) is 4.61. The minimum atomic E-state index is -0.878. The fourth-order valence-electron chi connectivity index (χ4n) is 2.86. The van der Waals surface area contributed by atoms with Crippen molar-refractivity contribution in [3.05, 3.63) is 71.4 Å². The van der Waals surface area contributed by atoms with Crippen LogP contribution < -0.4 is 0 Å². The number of nitrogens with one attached hydrogen (secondary N) is 1. The number of hydrogen-bond acceptors (Lipinski definition) is 5. The van der Waals surface area contributed by atoms with Crippen molar-refractivity contribution < 1.29 is 14.3 Å². The van der Waals surface area contributed by atoms with E-state index < -0.39 is 12.1 Å². The number of thiazole rings is 1. The number of rotatable bonds is 5. The van der Waals surface area contributed by atoms with Gasteiger partial charge in [0, 0.05) is 28.7 Å². The molecule has 0 amide bonds. The third kappa shape index (κ3) is 3.52. The van der Waals surface area contributed by atoms with Gasteiger partial charge in [0.1, 0.15) is 5.01 Å². The Morgan fingerprint density at radius 2 is 1.93 bits per heavy atom. The Morgan fingerprint density at radius 1 is 1.15 bits per heavy atom. The Balaban J connectivity index is 1.44. The molecule has 0 saturated heterocycles. The van der Waals surface area contributed by atoms with Gasteiger partial charge in [0.2, 0.25) is 5.78 Å². The summed E-state index contributed by atoms with van der Waals surface area (Å²) in [7, 11) is 0. The molecule has 5 nitrogen and oxygen atoms in total. The van der Waals surface area contributed by atoms with Crippen LogP contribution in [0.1, 0.15) is 22.3 Å². The van der Waals surface area contributed by atoms with Gasteiger partial charge in [-0.25, -0.2) is 9.78 Å². The number of carbonyl (C=O) groups excluding carboxylic acids is 2. The summed E-state index contributed by atoms with van der Waals surface area (Å²) in [4.78, 5) is 32.2. The first-order valence-corrected chi connectivity index (χ1v) is 9.28. The summed E-state index contributed by atoms with van der Waals surface area (Å²) in [6.45, 7) is 1.58. The number of ether oxygens (including phenoxy) is 1. The summed E-state index contributed by atoms with van der Waals surface area (Å²) in [5, 5.41) is 1.53. The molecule has 0 aliphatic carbocycles. The van der Waals surface area contributed by atoms with Crippen molar-refractivity contribution in [1.29, 1.82) is 0 Å². The second-order valence-corrected chi connectivity index (χ2v) is 7.11. The van der Waals surface area contributed by atoms with Crippen LogP contribution >= 0.6 is 11.3 Å². The number of aromatic nitrogens is 2. The number of H-pyrrole nitrogens is 1. The maximum Gasteiger partial charge on any atom is 0.331 e. The summed E-state index contributed by atoms with van der Waals surface area (Å²) < 4.78 is 6.32. The van der Waals surface area contributed by atoms with Gasteiger partial charge in [0.25, 0.3) is 0 Å². The summed E-state index contributed by atoms with van der Waals surface area (Å²) in [5.74, 6) is -0.816. The Morgan fingerprint density at radius 3 is 2.78 bits per heavy atom. The molecule has 6 heteroatoms. The number of nitrogens with zero attached hydrogens (tertiary/aromatic N) is 1. The quantitative estimate of drug-likeness (QED) is 0.314. The zero-order chi connectivity index (χ0) is 18.8. The van der Waals surface area contributed by atoms with Gasteiger partial charge >= 0.3 is 5.97 Å². The molecule has 4 aromatic rings. The molecule has 0 bridgehead atoms. The molecule has 4 rings (SSSR count). The van der Waals surface area contributed by atoms with Crippen molar-refractivity contribution in [3.63, 3.8) is 0 Å². The Kier molecular flexibility index (Phi) is 4.56. The number of fused-ring (bicyclic) bond motifs is 2. The Bertz CT molecular complexity index is 1140. The molecular weight excluding hydrogens is 360 g/mol. The average Bonchev–Trinajstić information content (AvgIpc) is 3.29. The fourth-order valence-corrected chi connectivity index (χ4v) is 3.73. The lowest BCUT2D eigenvalue weighted by Crippen LogP contribution is -2.23. The van der Waals surface area contributed by atoms with Crippen LogP contribution in [0.25, 0.3) is 27.2 Å². The molecule has 0 aliphatic rings. The highest BCUT2D eigenvalue weighted by Gasteiger charge is 2.21. The van der Waals surface area contributed by atoms with Gasteiger partial charge in [-0.15, -0.1) is 11.3 Å². The Hall–Kier alpha value is -3.25. The summed E-state index contributed by atoms with van der Waals surface area (Å²) in [6, 6.07) is 15.3. The number of esters is 1. The van der Waals surface area contributed by atoms with E-state index in [1.54, 1.807) is 19.2 Å². The first-order valence-electron chi connectivity index (χ1n) is 8.46. The number of aromatic amines is 1. The molecule has 134 valence electrons. The summed E-state index contributed by atoms with van der Waals surface area (Å²) in [5.41, 5.74) is 2.27. The molecular formula is C21H16N2O3S. The van der Waals surface area contributed by atoms with Crippen LogP contribution in [0, 0.1) is 0 Å². The third-order valence-corrected chi connectivity index (χ3v) is 5.19. The van der Waals surface area contributed by atoms with Gasteiger partial charge in [-0.05, 0) is 31.2 Å². The molecule has 0 saturated carbocycles. The lowest BCUT2D eigenvalue weighted by Gasteiger charge is -2.10. The molecule has 1 N–H and O–H groups in total. The molecule has 2 heterocycles. The number of carbonyl (C=O) groups is 2. The number of ketones is 1. The molecule has 2 aromatic carbocycles. The molecule has 0 aliphatic heterocycles. The van der Waals surface area contributed by atoms with Crippen molar-refractivity contribution in [2.24, 2.45) is 0 Å². The fraction of sp³-hybridized carbons (Fsp3) is 0.0952. The number of para-hydroxylation sites is 2. The maximum absolute atomic E-state index is 12.6. The molecule has 2 aromatic heterocycles. The van der Waals surface area contributed by atoms with Crippen LogP contribution in [0.2, 0.25) is 0 Å². The molecule has 0 spiro atoms. The summed E-state index contributed by atoms with van der Waals surface area (Å²) in [6.07, 6.45) is 3.68. The molecule has 1 atom stereocenters. The van der Waals surface area contributed by atoms with Crippen molar-refractivity contribution in [2.45, 2.75) is 13.0 Å². The summed E-state index contributed by atoms with van der Waals surface area (Å²) >= 11 is 1.49. The highest BCUT2D eigenvalue weighted by atomic mass is 32.1. The van der Waals surface area contributed by atoms with Crippen LogP contribution in [0.5, 0.6) is 0 Å². The van der Waals surface area contributed by atoms with Gasteiger partial charge in [0.05, 0.1) is 10.2 Å². The minimum absolute atomic E-state index is 0.241. The number of benzene rings is 2. The SMILES string of the molecule is C[C@@H](OC(=O)/C=C/c1nc2ccccc2s1)C(=O)c1c[nH]c2ccccc12. The smallest absolute Gasteiger partial charge is 0.331 e. The van der Waals surface area contributed by atoms with E-state index in [1.807, 2.05) is 48.5 Å². The second kappa shape index (κ2) is 7.17. The van der Waals surface area contributed by atoms with E-state index in [0.29, 0.717) is 10.6 Å². The molecule has 27 heavy (non-hydrogen) atoms. The van der Waals surface area contributed by atoms with Crippen LogP contribution in [0.4, 0.5) is 0 Å². The maximum atomic E-state index is 12.6. The third-order valence-electron chi connectivity index (χ3n) is 4.19. The second-order valence-electron chi connectivity index (χ2n) is 6.04. The van der Waals surface area contributed by atoms with Crippen LogP contribution in [0.15, 0.2) is 60.8 Å². The van der Waals surface area contributed by atoms with Gasteiger partial charge < -0.3 is 9.72 Å². The molecule has 0 fully saturated rings. The van der Waals surface area contributed by atoms with E-state index in [4.69, 9.17) is 4.74 Å². The zero-order valence-electron chi connectivity index (χ0n) is 14.5. The first-order chi connectivity index (χ1) is 13.1. The van der Waals surface area contributed by atoms with E-state index in [9.17, 15) is 9.59 Å². The highest BCUT2D eigenvalue weighted by Crippen LogP contribution is 2.23.